The molecule has 0 atom stereocenters. The molecule has 114 valence electrons. The van der Waals surface area contributed by atoms with Crippen molar-refractivity contribution in [1.82, 2.24) is 9.55 Å². The molecule has 0 saturated heterocycles. The van der Waals surface area contributed by atoms with Crippen LogP contribution in [0.2, 0.25) is 5.02 Å². The molecule has 0 amide bonds. The highest BCUT2D eigenvalue weighted by atomic mass is 35.5. The van der Waals surface area contributed by atoms with Gasteiger partial charge in [-0.25, -0.2) is 9.37 Å². The first-order valence-corrected chi connectivity index (χ1v) is 7.47. The summed E-state index contributed by atoms with van der Waals surface area (Å²) in [7, 11) is 0. The van der Waals surface area contributed by atoms with Gasteiger partial charge in [0.2, 0.25) is 0 Å². The molecule has 0 spiro atoms. The van der Waals surface area contributed by atoms with Crippen LogP contribution >= 0.6 is 11.6 Å². The molecule has 21 heavy (non-hydrogen) atoms. The minimum Gasteiger partial charge on any atom is -0.383 e. The number of halogens is 2. The number of imidazole rings is 1. The van der Waals surface area contributed by atoms with Crippen molar-refractivity contribution in [1.29, 1.82) is 0 Å². The van der Waals surface area contributed by atoms with E-state index < -0.39 is 5.82 Å². The van der Waals surface area contributed by atoms with Crippen LogP contribution in [0.3, 0.4) is 0 Å². The molecule has 1 aromatic heterocycles. The van der Waals surface area contributed by atoms with E-state index in [0.29, 0.717) is 16.5 Å². The Morgan fingerprint density at radius 3 is 2.52 bits per heavy atom. The summed E-state index contributed by atoms with van der Waals surface area (Å²) in [4.78, 5) is 4.57. The molecule has 0 saturated carbocycles. The third kappa shape index (κ3) is 2.91. The van der Waals surface area contributed by atoms with Crippen molar-refractivity contribution >= 4 is 17.4 Å². The summed E-state index contributed by atoms with van der Waals surface area (Å²) >= 11 is 6.14. The number of anilines is 1. The van der Waals surface area contributed by atoms with Crippen LogP contribution in [-0.2, 0) is 12.0 Å². The van der Waals surface area contributed by atoms with Gasteiger partial charge in [-0.15, -0.1) is 0 Å². The molecule has 0 unspecified atom stereocenters. The maximum Gasteiger partial charge on any atom is 0.134 e. The Morgan fingerprint density at radius 1 is 1.33 bits per heavy atom. The first-order valence-electron chi connectivity index (χ1n) is 7.09. The number of aryl methyl sites for hydroxylation is 1. The lowest BCUT2D eigenvalue weighted by Crippen LogP contribution is -2.25. The van der Waals surface area contributed by atoms with Crippen molar-refractivity contribution in [3.63, 3.8) is 0 Å². The van der Waals surface area contributed by atoms with E-state index >= 15 is 0 Å². The topological polar surface area (TPSA) is 43.8 Å². The molecule has 0 aliphatic heterocycles. The second kappa shape index (κ2) is 5.68. The molecular formula is C16H21ClFN3. The average Bonchev–Trinajstić information content (AvgIpc) is 2.66. The van der Waals surface area contributed by atoms with Crippen LogP contribution in [0.5, 0.6) is 0 Å². The minimum atomic E-state index is -0.407. The number of hydrogen-bond donors (Lipinski definition) is 1. The van der Waals surface area contributed by atoms with Crippen molar-refractivity contribution in [3.05, 3.63) is 34.9 Å². The van der Waals surface area contributed by atoms with Gasteiger partial charge in [0.1, 0.15) is 23.2 Å². The molecule has 0 radical (unpaired) electrons. The maximum absolute atomic E-state index is 14.2. The van der Waals surface area contributed by atoms with E-state index in [1.54, 1.807) is 12.1 Å². The standard InChI is InChI=1S/C16H21ClFN3/c1-5-7-12-20-14(15(19)21(12)16(2,3)4)13-10(17)8-6-9-11(13)18/h6,8-9H,5,7,19H2,1-4H3. The van der Waals surface area contributed by atoms with Gasteiger partial charge in [0, 0.05) is 12.0 Å². The molecule has 1 heterocycles. The number of hydrogen-bond acceptors (Lipinski definition) is 2. The van der Waals surface area contributed by atoms with E-state index in [1.165, 1.54) is 6.07 Å². The highest BCUT2D eigenvalue weighted by Gasteiger charge is 2.26. The summed E-state index contributed by atoms with van der Waals surface area (Å²) in [5.41, 5.74) is 6.74. The Hall–Kier alpha value is -1.55. The number of nitrogen functional groups attached to an aromatic ring is 1. The van der Waals surface area contributed by atoms with Gasteiger partial charge in [-0.2, -0.15) is 0 Å². The van der Waals surface area contributed by atoms with Crippen molar-refractivity contribution < 1.29 is 4.39 Å². The van der Waals surface area contributed by atoms with Crippen LogP contribution in [0.1, 0.15) is 39.9 Å². The summed E-state index contributed by atoms with van der Waals surface area (Å²) in [5, 5.41) is 0.323. The third-order valence-electron chi connectivity index (χ3n) is 3.33. The highest BCUT2D eigenvalue weighted by molar-refractivity contribution is 6.33. The lowest BCUT2D eigenvalue weighted by molar-refractivity contribution is 0.387. The minimum absolute atomic E-state index is 0.225. The fourth-order valence-corrected chi connectivity index (χ4v) is 2.78. The predicted octanol–water partition coefficient (Wildman–Crippen LogP) is 4.63. The Balaban J connectivity index is 2.72. The van der Waals surface area contributed by atoms with Crippen LogP contribution in [0, 0.1) is 5.82 Å². The molecule has 2 aromatic rings. The van der Waals surface area contributed by atoms with Gasteiger partial charge in [0.25, 0.3) is 0 Å². The molecule has 2 N–H and O–H groups in total. The van der Waals surface area contributed by atoms with Gasteiger partial charge in [0.15, 0.2) is 0 Å². The molecule has 3 nitrogen and oxygen atoms in total. The van der Waals surface area contributed by atoms with Crippen molar-refractivity contribution in [2.24, 2.45) is 0 Å². The normalized spacial score (nSPS) is 11.9. The summed E-state index contributed by atoms with van der Waals surface area (Å²) < 4.78 is 16.1. The summed E-state index contributed by atoms with van der Waals surface area (Å²) in [5.74, 6) is 0.908. The van der Waals surface area contributed by atoms with Crippen LogP contribution in [0.15, 0.2) is 18.2 Å². The monoisotopic (exact) mass is 309 g/mol. The van der Waals surface area contributed by atoms with Crippen LogP contribution in [0.4, 0.5) is 10.2 Å². The Labute approximate surface area is 129 Å². The van der Waals surface area contributed by atoms with E-state index in [-0.39, 0.29) is 11.1 Å². The predicted molar refractivity (Wildman–Crippen MR) is 86.0 cm³/mol. The van der Waals surface area contributed by atoms with Crippen molar-refractivity contribution in [2.45, 2.75) is 46.1 Å². The van der Waals surface area contributed by atoms with E-state index in [9.17, 15) is 4.39 Å². The SMILES string of the molecule is CCCc1nc(-c2c(F)cccc2Cl)c(N)n1C(C)(C)C. The van der Waals surface area contributed by atoms with E-state index in [4.69, 9.17) is 17.3 Å². The van der Waals surface area contributed by atoms with Gasteiger partial charge in [-0.3, -0.25) is 0 Å². The van der Waals surface area contributed by atoms with Gasteiger partial charge in [-0.05, 0) is 39.3 Å². The van der Waals surface area contributed by atoms with Gasteiger partial charge < -0.3 is 10.3 Å². The summed E-state index contributed by atoms with van der Waals surface area (Å²) in [6.07, 6.45) is 1.73. The first-order chi connectivity index (χ1) is 9.77. The first kappa shape index (κ1) is 15.8. The summed E-state index contributed by atoms with van der Waals surface area (Å²) in [6, 6.07) is 4.59. The zero-order valence-electron chi connectivity index (χ0n) is 12.9. The van der Waals surface area contributed by atoms with E-state index in [2.05, 4.69) is 32.7 Å². The molecule has 2 rings (SSSR count). The second-order valence-electron chi connectivity index (χ2n) is 6.11. The Kier molecular flexibility index (Phi) is 4.28. The van der Waals surface area contributed by atoms with Gasteiger partial charge in [0.05, 0.1) is 10.6 Å². The molecule has 0 aliphatic carbocycles. The smallest absolute Gasteiger partial charge is 0.134 e. The van der Waals surface area contributed by atoms with Crippen LogP contribution in [-0.4, -0.2) is 9.55 Å². The molecule has 0 fully saturated rings. The molecule has 5 heteroatoms. The highest BCUT2D eigenvalue weighted by Crippen LogP contribution is 2.36. The van der Waals surface area contributed by atoms with Gasteiger partial charge >= 0.3 is 0 Å². The number of benzene rings is 1. The molecular weight excluding hydrogens is 289 g/mol. The third-order valence-corrected chi connectivity index (χ3v) is 3.64. The van der Waals surface area contributed by atoms with Crippen LogP contribution in [0.25, 0.3) is 11.3 Å². The van der Waals surface area contributed by atoms with Crippen molar-refractivity contribution in [3.8, 4) is 11.3 Å². The quantitative estimate of drug-likeness (QED) is 0.898. The van der Waals surface area contributed by atoms with Gasteiger partial charge in [-0.1, -0.05) is 24.6 Å². The molecule has 0 bridgehead atoms. The number of aromatic nitrogens is 2. The molecule has 0 aliphatic rings. The lowest BCUT2D eigenvalue weighted by Gasteiger charge is -2.25. The zero-order valence-corrected chi connectivity index (χ0v) is 13.6. The summed E-state index contributed by atoms with van der Waals surface area (Å²) in [6.45, 7) is 8.23. The van der Waals surface area contributed by atoms with E-state index in [0.717, 1.165) is 18.7 Å². The number of nitrogens with zero attached hydrogens (tertiary/aromatic N) is 2. The lowest BCUT2D eigenvalue weighted by atomic mass is 10.1. The van der Waals surface area contributed by atoms with E-state index in [1.807, 2.05) is 4.57 Å². The van der Waals surface area contributed by atoms with Crippen molar-refractivity contribution in [2.75, 3.05) is 5.73 Å². The fraction of sp³-hybridized carbons (Fsp3) is 0.438. The number of nitrogens with two attached hydrogens (primary N) is 1. The molecule has 1 aromatic carbocycles. The Bertz CT molecular complexity index is 636. The fourth-order valence-electron chi connectivity index (χ4n) is 2.53. The Morgan fingerprint density at radius 2 is 2.00 bits per heavy atom. The zero-order chi connectivity index (χ0) is 15.8. The largest absolute Gasteiger partial charge is 0.383 e. The average molecular weight is 310 g/mol. The maximum atomic E-state index is 14.2. The van der Waals surface area contributed by atoms with Crippen LogP contribution < -0.4 is 5.73 Å². The number of rotatable bonds is 3. The second-order valence-corrected chi connectivity index (χ2v) is 6.52.